The number of rotatable bonds is 7. The Balaban J connectivity index is 1.93. The number of nitrogens with one attached hydrogen (secondary N) is 1. The number of piperazine rings is 1. The lowest BCUT2D eigenvalue weighted by Gasteiger charge is -2.37. The number of benzene rings is 1. The monoisotopic (exact) mass is 362 g/mol. The van der Waals surface area contributed by atoms with Gasteiger partial charge in [-0.3, -0.25) is 9.89 Å². The van der Waals surface area contributed by atoms with Crippen molar-refractivity contribution in [3.8, 4) is 11.5 Å². The molecule has 0 amide bonds. The lowest BCUT2D eigenvalue weighted by Crippen LogP contribution is -2.53. The third kappa shape index (κ3) is 5.80. The number of aliphatic imine (C=N–C) groups is 1. The first-order valence-corrected chi connectivity index (χ1v) is 9.65. The molecule has 0 bridgehead atoms. The summed E-state index contributed by atoms with van der Waals surface area (Å²) >= 11 is 0. The Morgan fingerprint density at radius 3 is 2.62 bits per heavy atom. The van der Waals surface area contributed by atoms with Crippen LogP contribution < -0.4 is 10.1 Å². The van der Waals surface area contributed by atoms with Gasteiger partial charge in [-0.1, -0.05) is 26.0 Å². The quantitative estimate of drug-likeness (QED) is 0.575. The van der Waals surface area contributed by atoms with Gasteiger partial charge in [0.1, 0.15) is 0 Å². The molecule has 1 aliphatic rings. The van der Waals surface area contributed by atoms with E-state index in [1.807, 2.05) is 12.1 Å². The zero-order chi connectivity index (χ0) is 18.9. The highest BCUT2D eigenvalue weighted by Crippen LogP contribution is 2.29. The lowest BCUT2D eigenvalue weighted by atomic mass is 10.1. The number of phenolic OH excluding ortho intramolecular Hbond substituents is 1. The second kappa shape index (κ2) is 10.3. The molecule has 1 heterocycles. The zero-order valence-electron chi connectivity index (χ0n) is 16.7. The standard InChI is InChI=1S/C20H34N4O2/c1-5-21-20(24-13-11-23(12-14-24)15-16(2)3)22-10-9-17-7-6-8-18(26-4)19(17)25/h6-8,16,25H,5,9-15H2,1-4H3,(H,21,22). The van der Waals surface area contributed by atoms with E-state index in [9.17, 15) is 5.11 Å². The number of phenols is 1. The summed E-state index contributed by atoms with van der Waals surface area (Å²) in [7, 11) is 1.57. The Morgan fingerprint density at radius 1 is 1.27 bits per heavy atom. The summed E-state index contributed by atoms with van der Waals surface area (Å²) < 4.78 is 5.17. The van der Waals surface area contributed by atoms with Crippen molar-refractivity contribution in [3.63, 3.8) is 0 Å². The van der Waals surface area contributed by atoms with E-state index in [1.165, 1.54) is 0 Å². The van der Waals surface area contributed by atoms with Gasteiger partial charge >= 0.3 is 0 Å². The van der Waals surface area contributed by atoms with Crippen LogP contribution in [0.2, 0.25) is 0 Å². The van der Waals surface area contributed by atoms with Crippen molar-refractivity contribution < 1.29 is 9.84 Å². The molecule has 1 aliphatic heterocycles. The van der Waals surface area contributed by atoms with Crippen molar-refractivity contribution in [1.82, 2.24) is 15.1 Å². The Morgan fingerprint density at radius 2 is 2.00 bits per heavy atom. The fourth-order valence-electron chi connectivity index (χ4n) is 3.30. The molecule has 0 spiro atoms. The highest BCUT2D eigenvalue weighted by molar-refractivity contribution is 5.80. The molecule has 1 saturated heterocycles. The van der Waals surface area contributed by atoms with Crippen LogP contribution in [-0.4, -0.2) is 73.8 Å². The van der Waals surface area contributed by atoms with Gasteiger partial charge in [0.25, 0.3) is 0 Å². The molecule has 1 aromatic carbocycles. The molecule has 2 N–H and O–H groups in total. The average molecular weight is 363 g/mol. The van der Waals surface area contributed by atoms with Crippen molar-refractivity contribution in [2.75, 3.05) is 52.9 Å². The molecule has 0 radical (unpaired) electrons. The maximum absolute atomic E-state index is 10.2. The first kappa shape index (κ1) is 20.4. The molecule has 146 valence electrons. The Kier molecular flexibility index (Phi) is 8.04. The Bertz CT molecular complexity index is 581. The second-order valence-corrected chi connectivity index (χ2v) is 7.14. The van der Waals surface area contributed by atoms with Gasteiger partial charge in [-0.25, -0.2) is 0 Å². The van der Waals surface area contributed by atoms with Gasteiger partial charge in [-0.05, 0) is 30.9 Å². The predicted octanol–water partition coefficient (Wildman–Crippen LogP) is 2.18. The number of nitrogens with zero attached hydrogens (tertiary/aromatic N) is 3. The predicted molar refractivity (Wildman–Crippen MR) is 107 cm³/mol. The fraction of sp³-hybridized carbons (Fsp3) is 0.650. The van der Waals surface area contributed by atoms with Crippen molar-refractivity contribution in [2.24, 2.45) is 10.9 Å². The van der Waals surface area contributed by atoms with E-state index < -0.39 is 0 Å². The van der Waals surface area contributed by atoms with Crippen molar-refractivity contribution in [2.45, 2.75) is 27.2 Å². The molecule has 1 aromatic rings. The Labute approximate surface area is 157 Å². The molecule has 26 heavy (non-hydrogen) atoms. The summed E-state index contributed by atoms with van der Waals surface area (Å²) in [5.74, 6) is 2.41. The number of ether oxygens (including phenoxy) is 1. The van der Waals surface area contributed by atoms with Crippen molar-refractivity contribution in [3.05, 3.63) is 23.8 Å². The summed E-state index contributed by atoms with van der Waals surface area (Å²) in [6.45, 7) is 13.5. The zero-order valence-corrected chi connectivity index (χ0v) is 16.7. The summed E-state index contributed by atoms with van der Waals surface area (Å²) in [6, 6.07) is 5.59. The van der Waals surface area contributed by atoms with Crippen LogP contribution in [0.15, 0.2) is 23.2 Å². The summed E-state index contributed by atoms with van der Waals surface area (Å²) in [5.41, 5.74) is 0.866. The highest BCUT2D eigenvalue weighted by Gasteiger charge is 2.19. The minimum atomic E-state index is 0.220. The lowest BCUT2D eigenvalue weighted by molar-refractivity contribution is 0.164. The maximum atomic E-state index is 10.2. The number of methoxy groups -OCH3 is 1. The van der Waals surface area contributed by atoms with Crippen LogP contribution in [0, 0.1) is 5.92 Å². The van der Waals surface area contributed by atoms with Gasteiger partial charge in [0.05, 0.1) is 7.11 Å². The van der Waals surface area contributed by atoms with Crippen LogP contribution in [0.5, 0.6) is 11.5 Å². The molecule has 0 aromatic heterocycles. The van der Waals surface area contributed by atoms with E-state index in [0.29, 0.717) is 24.6 Å². The van der Waals surface area contributed by atoms with E-state index >= 15 is 0 Å². The molecule has 0 unspecified atom stereocenters. The normalized spacial score (nSPS) is 16.2. The summed E-state index contributed by atoms with van der Waals surface area (Å²) in [6.07, 6.45) is 0.686. The van der Waals surface area contributed by atoms with Crippen molar-refractivity contribution in [1.29, 1.82) is 0 Å². The molecule has 6 nitrogen and oxygen atoms in total. The van der Waals surface area contributed by atoms with E-state index in [0.717, 1.165) is 50.8 Å². The molecule has 0 aliphatic carbocycles. The molecule has 0 atom stereocenters. The van der Waals surface area contributed by atoms with Gasteiger partial charge in [0.2, 0.25) is 0 Å². The SMILES string of the molecule is CCNC(=NCCc1cccc(OC)c1O)N1CCN(CC(C)C)CC1. The molecule has 0 saturated carbocycles. The van der Waals surface area contributed by atoms with E-state index in [2.05, 4.69) is 35.9 Å². The number of hydrogen-bond acceptors (Lipinski definition) is 4. The Hall–Kier alpha value is -1.95. The summed E-state index contributed by atoms with van der Waals surface area (Å²) in [5, 5.41) is 13.6. The molecular formula is C20H34N4O2. The van der Waals surface area contributed by atoms with Crippen LogP contribution >= 0.6 is 0 Å². The highest BCUT2D eigenvalue weighted by atomic mass is 16.5. The molecule has 6 heteroatoms. The van der Waals surface area contributed by atoms with Crippen LogP contribution in [0.4, 0.5) is 0 Å². The molecule has 1 fully saturated rings. The van der Waals surface area contributed by atoms with Gasteiger partial charge in [0, 0.05) is 45.8 Å². The maximum Gasteiger partial charge on any atom is 0.194 e. The van der Waals surface area contributed by atoms with Gasteiger partial charge < -0.3 is 20.1 Å². The van der Waals surface area contributed by atoms with Gasteiger partial charge in [-0.15, -0.1) is 0 Å². The summed E-state index contributed by atoms with van der Waals surface area (Å²) in [4.78, 5) is 9.64. The number of para-hydroxylation sites is 1. The topological polar surface area (TPSA) is 60.3 Å². The number of aromatic hydroxyl groups is 1. The first-order chi connectivity index (χ1) is 12.5. The smallest absolute Gasteiger partial charge is 0.194 e. The van der Waals surface area contributed by atoms with E-state index in [4.69, 9.17) is 9.73 Å². The first-order valence-electron chi connectivity index (χ1n) is 9.65. The van der Waals surface area contributed by atoms with Gasteiger partial charge in [-0.2, -0.15) is 0 Å². The fourth-order valence-corrected chi connectivity index (χ4v) is 3.30. The molecular weight excluding hydrogens is 328 g/mol. The minimum Gasteiger partial charge on any atom is -0.504 e. The van der Waals surface area contributed by atoms with Gasteiger partial charge in [0.15, 0.2) is 17.5 Å². The number of hydrogen-bond donors (Lipinski definition) is 2. The second-order valence-electron chi connectivity index (χ2n) is 7.14. The third-order valence-electron chi connectivity index (χ3n) is 4.58. The van der Waals surface area contributed by atoms with Crippen LogP contribution in [0.25, 0.3) is 0 Å². The van der Waals surface area contributed by atoms with Crippen LogP contribution in [-0.2, 0) is 6.42 Å². The van der Waals surface area contributed by atoms with E-state index in [-0.39, 0.29) is 5.75 Å². The van der Waals surface area contributed by atoms with Crippen LogP contribution in [0.1, 0.15) is 26.3 Å². The largest absolute Gasteiger partial charge is 0.504 e. The number of guanidine groups is 1. The van der Waals surface area contributed by atoms with Crippen LogP contribution in [0.3, 0.4) is 0 Å². The average Bonchev–Trinajstić information content (AvgIpc) is 2.62. The van der Waals surface area contributed by atoms with E-state index in [1.54, 1.807) is 13.2 Å². The minimum absolute atomic E-state index is 0.220. The molecule has 2 rings (SSSR count). The van der Waals surface area contributed by atoms with Crippen molar-refractivity contribution >= 4 is 5.96 Å². The third-order valence-corrected chi connectivity index (χ3v) is 4.58.